The zero-order valence-corrected chi connectivity index (χ0v) is 13.2. The number of benzene rings is 1. The summed E-state index contributed by atoms with van der Waals surface area (Å²) in [6.07, 6.45) is 4.61. The van der Waals surface area contributed by atoms with Crippen LogP contribution in [-0.2, 0) is 4.74 Å². The Labute approximate surface area is 135 Å². The Morgan fingerprint density at radius 2 is 2.14 bits per heavy atom. The molecule has 1 aromatic carbocycles. The van der Waals surface area contributed by atoms with Gasteiger partial charge in [0.1, 0.15) is 5.75 Å². The highest BCUT2D eigenvalue weighted by molar-refractivity contribution is 6.32. The van der Waals surface area contributed by atoms with Gasteiger partial charge in [0.15, 0.2) is 12.0 Å². The van der Waals surface area contributed by atoms with Gasteiger partial charge in [0.2, 0.25) is 5.88 Å². The third kappa shape index (κ3) is 3.70. The van der Waals surface area contributed by atoms with Crippen LogP contribution in [0.1, 0.15) is 24.8 Å². The molecule has 1 unspecified atom stereocenters. The molecule has 3 rings (SSSR count). The van der Waals surface area contributed by atoms with Crippen LogP contribution in [0.15, 0.2) is 36.5 Å². The van der Waals surface area contributed by atoms with E-state index in [1.54, 1.807) is 18.3 Å². The second-order valence-corrected chi connectivity index (χ2v) is 5.64. The fraction of sp³-hybridized carbons (Fsp3) is 0.353. The third-order valence-electron chi connectivity index (χ3n) is 3.49. The molecule has 0 radical (unpaired) electrons. The lowest BCUT2D eigenvalue weighted by Gasteiger charge is -2.23. The minimum atomic E-state index is -0.173. The van der Waals surface area contributed by atoms with Gasteiger partial charge in [-0.15, -0.1) is 0 Å². The summed E-state index contributed by atoms with van der Waals surface area (Å²) < 4.78 is 17.0. The Bertz CT molecular complexity index is 604. The number of rotatable bonds is 4. The molecule has 2 heterocycles. The molecule has 0 spiro atoms. The van der Waals surface area contributed by atoms with E-state index in [2.05, 4.69) is 4.98 Å². The van der Waals surface area contributed by atoms with E-state index >= 15 is 0 Å². The van der Waals surface area contributed by atoms with Crippen molar-refractivity contribution in [1.82, 2.24) is 4.98 Å². The predicted octanol–water partition coefficient (Wildman–Crippen LogP) is 4.74. The molecule has 1 saturated heterocycles. The van der Waals surface area contributed by atoms with Crippen molar-refractivity contribution in [2.24, 2.45) is 0 Å². The molecule has 22 heavy (non-hydrogen) atoms. The van der Waals surface area contributed by atoms with Gasteiger partial charge in [0.05, 0.1) is 17.8 Å². The number of aromatic nitrogens is 1. The minimum Gasteiger partial charge on any atom is -0.463 e. The summed E-state index contributed by atoms with van der Waals surface area (Å²) in [6, 6.07) is 9.22. The molecule has 116 valence electrons. The molecule has 0 amide bonds. The van der Waals surface area contributed by atoms with Gasteiger partial charge >= 0.3 is 0 Å². The Hall–Kier alpha value is -1.78. The van der Waals surface area contributed by atoms with Crippen LogP contribution in [0.5, 0.6) is 17.4 Å². The molecule has 1 atom stereocenters. The number of nitrogens with zero attached hydrogens (tertiary/aromatic N) is 1. The van der Waals surface area contributed by atoms with Crippen molar-refractivity contribution in [3.63, 3.8) is 0 Å². The lowest BCUT2D eigenvalue weighted by atomic mass is 10.2. The van der Waals surface area contributed by atoms with Gasteiger partial charge in [-0.05, 0) is 37.5 Å². The summed E-state index contributed by atoms with van der Waals surface area (Å²) in [7, 11) is 0. The van der Waals surface area contributed by atoms with Crippen molar-refractivity contribution in [1.29, 1.82) is 0 Å². The monoisotopic (exact) mass is 319 g/mol. The first-order valence-electron chi connectivity index (χ1n) is 7.39. The summed E-state index contributed by atoms with van der Waals surface area (Å²) in [6.45, 7) is 2.70. The number of hydrogen-bond acceptors (Lipinski definition) is 4. The van der Waals surface area contributed by atoms with Crippen LogP contribution in [0.2, 0.25) is 5.02 Å². The standard InChI is InChI=1S/C17H18ClNO3/c1-12-5-4-6-14(18)17(12)22-15-9-8-13(11-19-15)21-16-7-2-3-10-20-16/h4-6,8-9,11,16H,2-3,7,10H2,1H3. The van der Waals surface area contributed by atoms with E-state index in [0.717, 1.165) is 31.4 Å². The molecule has 2 aromatic rings. The lowest BCUT2D eigenvalue weighted by molar-refractivity contribution is -0.106. The molecule has 0 aliphatic carbocycles. The number of aryl methyl sites for hydroxylation is 1. The van der Waals surface area contributed by atoms with Crippen LogP contribution >= 0.6 is 11.6 Å². The fourth-order valence-electron chi connectivity index (χ4n) is 2.30. The van der Waals surface area contributed by atoms with Crippen LogP contribution in [-0.4, -0.2) is 17.9 Å². The van der Waals surface area contributed by atoms with Crippen molar-refractivity contribution in [3.8, 4) is 17.4 Å². The molecule has 0 N–H and O–H groups in total. The predicted molar refractivity (Wildman–Crippen MR) is 84.7 cm³/mol. The van der Waals surface area contributed by atoms with E-state index in [0.29, 0.717) is 22.4 Å². The summed E-state index contributed by atoms with van der Waals surface area (Å²) in [5, 5.41) is 0.567. The van der Waals surface area contributed by atoms with Crippen LogP contribution in [0, 0.1) is 6.92 Å². The maximum Gasteiger partial charge on any atom is 0.219 e. The van der Waals surface area contributed by atoms with Crippen LogP contribution in [0.4, 0.5) is 0 Å². The molecule has 1 fully saturated rings. The van der Waals surface area contributed by atoms with Gasteiger partial charge in [-0.2, -0.15) is 0 Å². The van der Waals surface area contributed by atoms with Gasteiger partial charge in [0.25, 0.3) is 0 Å². The van der Waals surface area contributed by atoms with E-state index in [-0.39, 0.29) is 6.29 Å². The van der Waals surface area contributed by atoms with Crippen LogP contribution in [0.25, 0.3) is 0 Å². The SMILES string of the molecule is Cc1cccc(Cl)c1Oc1ccc(OC2CCCCO2)cn1. The van der Waals surface area contributed by atoms with E-state index in [9.17, 15) is 0 Å². The largest absolute Gasteiger partial charge is 0.463 e. The van der Waals surface area contributed by atoms with E-state index in [1.807, 2.05) is 25.1 Å². The summed E-state index contributed by atoms with van der Waals surface area (Å²) in [5.41, 5.74) is 0.963. The second-order valence-electron chi connectivity index (χ2n) is 5.23. The summed E-state index contributed by atoms with van der Waals surface area (Å²) >= 11 is 6.15. The smallest absolute Gasteiger partial charge is 0.219 e. The summed E-state index contributed by atoms with van der Waals surface area (Å²) in [4.78, 5) is 4.26. The molecule has 0 bridgehead atoms. The minimum absolute atomic E-state index is 0.173. The Kier molecular flexibility index (Phi) is 4.80. The quantitative estimate of drug-likeness (QED) is 0.816. The number of ether oxygens (including phenoxy) is 3. The summed E-state index contributed by atoms with van der Waals surface area (Å²) in [5.74, 6) is 1.78. The zero-order valence-electron chi connectivity index (χ0n) is 12.4. The molecule has 1 aliphatic rings. The third-order valence-corrected chi connectivity index (χ3v) is 3.78. The molecule has 1 aromatic heterocycles. The first kappa shape index (κ1) is 15.1. The molecule has 4 nitrogen and oxygen atoms in total. The van der Waals surface area contributed by atoms with Crippen molar-refractivity contribution >= 4 is 11.6 Å². The highest BCUT2D eigenvalue weighted by Gasteiger charge is 2.15. The normalized spacial score (nSPS) is 18.0. The number of halogens is 1. The first-order chi connectivity index (χ1) is 10.7. The highest BCUT2D eigenvalue weighted by Crippen LogP contribution is 2.32. The van der Waals surface area contributed by atoms with Crippen LogP contribution < -0.4 is 9.47 Å². The average Bonchev–Trinajstić information content (AvgIpc) is 2.54. The van der Waals surface area contributed by atoms with E-state index in [1.165, 1.54) is 0 Å². The molecular formula is C17H18ClNO3. The van der Waals surface area contributed by atoms with Crippen molar-refractivity contribution in [3.05, 3.63) is 47.1 Å². The maximum absolute atomic E-state index is 6.15. The highest BCUT2D eigenvalue weighted by atomic mass is 35.5. The van der Waals surface area contributed by atoms with E-state index < -0.39 is 0 Å². The Morgan fingerprint density at radius 3 is 2.82 bits per heavy atom. The first-order valence-corrected chi connectivity index (χ1v) is 7.77. The molecule has 0 saturated carbocycles. The van der Waals surface area contributed by atoms with Crippen LogP contribution in [0.3, 0.4) is 0 Å². The topological polar surface area (TPSA) is 40.6 Å². The van der Waals surface area contributed by atoms with Crippen molar-refractivity contribution in [2.75, 3.05) is 6.61 Å². The van der Waals surface area contributed by atoms with Gasteiger partial charge in [0, 0.05) is 12.5 Å². The van der Waals surface area contributed by atoms with Gasteiger partial charge < -0.3 is 14.2 Å². The van der Waals surface area contributed by atoms with Crippen molar-refractivity contribution < 1.29 is 14.2 Å². The Morgan fingerprint density at radius 1 is 1.23 bits per heavy atom. The molecule has 1 aliphatic heterocycles. The fourth-order valence-corrected chi connectivity index (χ4v) is 2.56. The van der Waals surface area contributed by atoms with Gasteiger partial charge in [-0.3, -0.25) is 0 Å². The van der Waals surface area contributed by atoms with Crippen molar-refractivity contribution in [2.45, 2.75) is 32.5 Å². The van der Waals surface area contributed by atoms with E-state index in [4.69, 9.17) is 25.8 Å². The lowest BCUT2D eigenvalue weighted by Crippen LogP contribution is -2.24. The number of hydrogen-bond donors (Lipinski definition) is 0. The zero-order chi connectivity index (χ0) is 15.4. The number of pyridine rings is 1. The van der Waals surface area contributed by atoms with Gasteiger partial charge in [-0.1, -0.05) is 23.7 Å². The Balaban J connectivity index is 1.66. The maximum atomic E-state index is 6.15. The number of para-hydroxylation sites is 1. The van der Waals surface area contributed by atoms with Gasteiger partial charge in [-0.25, -0.2) is 4.98 Å². The average molecular weight is 320 g/mol. The second kappa shape index (κ2) is 6.99. The molecule has 5 heteroatoms. The molecular weight excluding hydrogens is 302 g/mol.